The molecule has 0 radical (unpaired) electrons. The number of hydrogen-bond donors (Lipinski definition) is 1. The van der Waals surface area contributed by atoms with Gasteiger partial charge in [0.1, 0.15) is 0 Å². The van der Waals surface area contributed by atoms with E-state index < -0.39 is 0 Å². The van der Waals surface area contributed by atoms with E-state index in [1.807, 2.05) is 12.3 Å². The molecular weight excluding hydrogens is 280 g/mol. The van der Waals surface area contributed by atoms with Gasteiger partial charge in [0.25, 0.3) is 0 Å². The van der Waals surface area contributed by atoms with Gasteiger partial charge in [-0.05, 0) is 30.9 Å². The van der Waals surface area contributed by atoms with Crippen molar-refractivity contribution in [3.05, 3.63) is 40.7 Å². The number of rotatable bonds is 3. The third kappa shape index (κ3) is 2.80. The van der Waals surface area contributed by atoms with E-state index in [1.54, 1.807) is 11.3 Å². The van der Waals surface area contributed by atoms with E-state index in [1.165, 1.54) is 29.2 Å². The summed E-state index contributed by atoms with van der Waals surface area (Å²) in [6, 6.07) is 6.25. The van der Waals surface area contributed by atoms with Crippen LogP contribution in [0.25, 0.3) is 0 Å². The molecule has 1 fully saturated rings. The number of nitrogens with two attached hydrogens (primary N) is 1. The zero-order valence-corrected chi connectivity index (χ0v) is 12.9. The van der Waals surface area contributed by atoms with E-state index >= 15 is 0 Å². The lowest BCUT2D eigenvalue weighted by Gasteiger charge is -2.19. The van der Waals surface area contributed by atoms with Crippen LogP contribution in [-0.4, -0.2) is 34.5 Å². The number of thiazole rings is 1. The summed E-state index contributed by atoms with van der Waals surface area (Å²) in [5.74, 6) is 1.46. The number of aromatic nitrogens is 2. The summed E-state index contributed by atoms with van der Waals surface area (Å²) in [7, 11) is 0. The van der Waals surface area contributed by atoms with Crippen LogP contribution in [-0.2, 0) is 12.8 Å². The maximum absolute atomic E-state index is 5.80. The third-order valence-electron chi connectivity index (χ3n) is 4.60. The molecule has 0 bridgehead atoms. The Kier molecular flexibility index (Phi) is 3.39. The standard InChI is InChI=1S/C16H20N4S/c17-16-19-14-4-7-20(8-5-15(14)21-16)10-11-9-12(11)13-3-1-2-6-18-13/h1-3,6,11-12H,4-5,7-10H2,(H2,17,19). The molecule has 5 heteroatoms. The van der Waals surface area contributed by atoms with E-state index in [9.17, 15) is 0 Å². The van der Waals surface area contributed by atoms with Gasteiger partial charge in [0.15, 0.2) is 5.13 Å². The Morgan fingerprint density at radius 1 is 1.29 bits per heavy atom. The van der Waals surface area contributed by atoms with Crippen molar-refractivity contribution >= 4 is 16.5 Å². The number of anilines is 1. The van der Waals surface area contributed by atoms with E-state index in [4.69, 9.17) is 5.73 Å². The van der Waals surface area contributed by atoms with E-state index in [0.717, 1.165) is 37.0 Å². The summed E-state index contributed by atoms with van der Waals surface area (Å²) >= 11 is 1.67. The topological polar surface area (TPSA) is 55.0 Å². The van der Waals surface area contributed by atoms with Crippen molar-refractivity contribution in [1.82, 2.24) is 14.9 Å². The predicted octanol–water partition coefficient (Wildman–Crippen LogP) is 2.32. The molecule has 3 heterocycles. The monoisotopic (exact) mass is 300 g/mol. The van der Waals surface area contributed by atoms with Crippen LogP contribution in [0.1, 0.15) is 28.6 Å². The van der Waals surface area contributed by atoms with Crippen LogP contribution in [0.4, 0.5) is 5.13 Å². The summed E-state index contributed by atoms with van der Waals surface area (Å²) in [6.45, 7) is 3.45. The maximum Gasteiger partial charge on any atom is 0.180 e. The van der Waals surface area contributed by atoms with Gasteiger partial charge in [0, 0.05) is 48.7 Å². The molecule has 2 aromatic heterocycles. The van der Waals surface area contributed by atoms with Crippen LogP contribution >= 0.6 is 11.3 Å². The van der Waals surface area contributed by atoms with Crippen molar-refractivity contribution in [3.63, 3.8) is 0 Å². The molecular formula is C16H20N4S. The Morgan fingerprint density at radius 2 is 2.19 bits per heavy atom. The minimum atomic E-state index is 0.678. The first-order valence-corrected chi connectivity index (χ1v) is 8.48. The first-order chi connectivity index (χ1) is 10.3. The van der Waals surface area contributed by atoms with Crippen LogP contribution in [0.5, 0.6) is 0 Å². The molecule has 1 aliphatic carbocycles. The van der Waals surface area contributed by atoms with Crippen LogP contribution in [0, 0.1) is 5.92 Å². The maximum atomic E-state index is 5.80. The number of hydrogen-bond acceptors (Lipinski definition) is 5. The Bertz CT molecular complexity index is 599. The molecule has 21 heavy (non-hydrogen) atoms. The van der Waals surface area contributed by atoms with Crippen molar-refractivity contribution in [3.8, 4) is 0 Å². The highest BCUT2D eigenvalue weighted by atomic mass is 32.1. The highest BCUT2D eigenvalue weighted by Gasteiger charge is 2.40. The van der Waals surface area contributed by atoms with Gasteiger partial charge < -0.3 is 10.6 Å². The lowest BCUT2D eigenvalue weighted by atomic mass is 10.2. The Hall–Kier alpha value is -1.46. The molecule has 0 amide bonds. The Labute approximate surface area is 129 Å². The molecule has 2 N–H and O–H groups in total. The fourth-order valence-corrected chi connectivity index (χ4v) is 4.22. The van der Waals surface area contributed by atoms with Crippen LogP contribution in [0.15, 0.2) is 24.4 Å². The average Bonchev–Trinajstić information content (AvgIpc) is 3.21. The average molecular weight is 300 g/mol. The predicted molar refractivity (Wildman–Crippen MR) is 85.5 cm³/mol. The Balaban J connectivity index is 1.34. The molecule has 2 unspecified atom stereocenters. The fraction of sp³-hybridized carbons (Fsp3) is 0.500. The fourth-order valence-electron chi connectivity index (χ4n) is 3.35. The first kappa shape index (κ1) is 13.2. The molecule has 2 aromatic rings. The summed E-state index contributed by atoms with van der Waals surface area (Å²) in [5, 5.41) is 0.728. The minimum absolute atomic E-state index is 0.678. The molecule has 2 atom stereocenters. The number of fused-ring (bicyclic) bond motifs is 1. The van der Waals surface area contributed by atoms with E-state index in [0.29, 0.717) is 5.92 Å². The molecule has 0 saturated heterocycles. The van der Waals surface area contributed by atoms with Gasteiger partial charge in [0.05, 0.1) is 5.69 Å². The van der Waals surface area contributed by atoms with Gasteiger partial charge in [-0.2, -0.15) is 0 Å². The van der Waals surface area contributed by atoms with E-state index in [-0.39, 0.29) is 0 Å². The molecule has 4 nitrogen and oxygen atoms in total. The molecule has 0 aromatic carbocycles. The van der Waals surface area contributed by atoms with Crippen molar-refractivity contribution < 1.29 is 0 Å². The second-order valence-corrected chi connectivity index (χ2v) is 7.19. The first-order valence-electron chi connectivity index (χ1n) is 7.67. The number of pyridine rings is 1. The third-order valence-corrected chi connectivity index (χ3v) is 5.58. The lowest BCUT2D eigenvalue weighted by Crippen LogP contribution is -2.29. The number of nitrogens with zero attached hydrogens (tertiary/aromatic N) is 3. The molecule has 110 valence electrons. The second kappa shape index (κ2) is 5.39. The van der Waals surface area contributed by atoms with E-state index in [2.05, 4.69) is 27.0 Å². The van der Waals surface area contributed by atoms with Crippen LogP contribution < -0.4 is 5.73 Å². The van der Waals surface area contributed by atoms with Crippen molar-refractivity contribution in [2.45, 2.75) is 25.2 Å². The zero-order chi connectivity index (χ0) is 14.2. The number of nitrogen functional groups attached to an aromatic ring is 1. The summed E-state index contributed by atoms with van der Waals surface area (Å²) < 4.78 is 0. The summed E-state index contributed by atoms with van der Waals surface area (Å²) in [6.07, 6.45) is 5.35. The molecule has 1 aliphatic heterocycles. The normalized spacial score (nSPS) is 25.3. The molecule has 0 spiro atoms. The zero-order valence-electron chi connectivity index (χ0n) is 12.0. The van der Waals surface area contributed by atoms with Gasteiger partial charge in [-0.1, -0.05) is 6.07 Å². The highest BCUT2D eigenvalue weighted by Crippen LogP contribution is 2.47. The second-order valence-electron chi connectivity index (χ2n) is 6.08. The van der Waals surface area contributed by atoms with Crippen LogP contribution in [0.2, 0.25) is 0 Å². The van der Waals surface area contributed by atoms with Gasteiger partial charge >= 0.3 is 0 Å². The van der Waals surface area contributed by atoms with Crippen LogP contribution in [0.3, 0.4) is 0 Å². The van der Waals surface area contributed by atoms with Crippen molar-refractivity contribution in [2.24, 2.45) is 5.92 Å². The van der Waals surface area contributed by atoms with Crippen molar-refractivity contribution in [1.29, 1.82) is 0 Å². The quantitative estimate of drug-likeness (QED) is 0.945. The van der Waals surface area contributed by atoms with Gasteiger partial charge in [0.2, 0.25) is 0 Å². The molecule has 4 rings (SSSR count). The van der Waals surface area contributed by atoms with Crippen molar-refractivity contribution in [2.75, 3.05) is 25.4 Å². The molecule has 2 aliphatic rings. The van der Waals surface area contributed by atoms with Gasteiger partial charge in [-0.3, -0.25) is 4.98 Å². The largest absolute Gasteiger partial charge is 0.375 e. The minimum Gasteiger partial charge on any atom is -0.375 e. The summed E-state index contributed by atoms with van der Waals surface area (Å²) in [4.78, 5) is 12.9. The SMILES string of the molecule is Nc1nc2c(s1)CCN(CC1CC1c1ccccn1)CC2. The smallest absolute Gasteiger partial charge is 0.180 e. The Morgan fingerprint density at radius 3 is 3.05 bits per heavy atom. The lowest BCUT2D eigenvalue weighted by molar-refractivity contribution is 0.273. The highest BCUT2D eigenvalue weighted by molar-refractivity contribution is 7.15. The van der Waals surface area contributed by atoms with Gasteiger partial charge in [-0.15, -0.1) is 11.3 Å². The van der Waals surface area contributed by atoms with Gasteiger partial charge in [-0.25, -0.2) is 4.98 Å². The summed E-state index contributed by atoms with van der Waals surface area (Å²) in [5.41, 5.74) is 8.31. The molecule has 1 saturated carbocycles.